The standard InChI is InChI=1S/C29H35N5O4S2/c1-17-10-8-9-13-20(17)15-31-26(37)24-29(3,4)39-16-34(24)27(38)22(35)21(14-19-11-6-5-7-12-19)33-25(36)23-18(2)32-28(30)40-23/h5-13,21-22,24,35H,14-16H2,1-4H3,(H2,30,32)(H,31,37)(H,33,36). The number of rotatable bonds is 9. The van der Waals surface area contributed by atoms with Gasteiger partial charge in [-0.15, -0.1) is 11.8 Å². The molecule has 5 N–H and O–H groups in total. The van der Waals surface area contributed by atoms with Crippen molar-refractivity contribution in [1.82, 2.24) is 20.5 Å². The van der Waals surface area contributed by atoms with Gasteiger partial charge < -0.3 is 26.4 Å². The van der Waals surface area contributed by atoms with E-state index in [2.05, 4.69) is 15.6 Å². The van der Waals surface area contributed by atoms with Gasteiger partial charge in [0.15, 0.2) is 11.2 Å². The molecule has 212 valence electrons. The van der Waals surface area contributed by atoms with E-state index in [9.17, 15) is 19.5 Å². The molecule has 40 heavy (non-hydrogen) atoms. The van der Waals surface area contributed by atoms with Crippen LogP contribution in [0.2, 0.25) is 0 Å². The van der Waals surface area contributed by atoms with E-state index in [0.717, 1.165) is 28.0 Å². The van der Waals surface area contributed by atoms with Crippen molar-refractivity contribution in [3.8, 4) is 0 Å². The van der Waals surface area contributed by atoms with Crippen molar-refractivity contribution in [2.75, 3.05) is 11.6 Å². The first-order valence-corrected chi connectivity index (χ1v) is 14.8. The van der Waals surface area contributed by atoms with E-state index in [1.165, 1.54) is 16.7 Å². The maximum atomic E-state index is 13.8. The highest BCUT2D eigenvalue weighted by Crippen LogP contribution is 2.40. The van der Waals surface area contributed by atoms with Crippen molar-refractivity contribution in [2.45, 2.75) is 63.6 Å². The third kappa shape index (κ3) is 6.65. The monoisotopic (exact) mass is 581 g/mol. The zero-order valence-electron chi connectivity index (χ0n) is 23.0. The molecule has 11 heteroatoms. The summed E-state index contributed by atoms with van der Waals surface area (Å²) in [6.07, 6.45) is -1.38. The Balaban J connectivity index is 1.55. The molecule has 1 fully saturated rings. The molecule has 2 aromatic carbocycles. The number of aliphatic hydroxyl groups is 1. The molecule has 0 aliphatic carbocycles. The third-order valence-electron chi connectivity index (χ3n) is 7.06. The molecule has 4 rings (SSSR count). The molecule has 1 saturated heterocycles. The number of amides is 3. The van der Waals surface area contributed by atoms with Gasteiger partial charge in [0, 0.05) is 11.3 Å². The lowest BCUT2D eigenvalue weighted by Gasteiger charge is -2.33. The van der Waals surface area contributed by atoms with Gasteiger partial charge in [0.05, 0.1) is 17.6 Å². The van der Waals surface area contributed by atoms with Gasteiger partial charge in [-0.05, 0) is 50.8 Å². The lowest BCUT2D eigenvalue weighted by atomic mass is 9.97. The van der Waals surface area contributed by atoms with Gasteiger partial charge >= 0.3 is 0 Å². The first kappa shape index (κ1) is 29.6. The molecule has 1 aromatic heterocycles. The van der Waals surface area contributed by atoms with Crippen molar-refractivity contribution >= 4 is 46.0 Å². The van der Waals surface area contributed by atoms with Crippen molar-refractivity contribution in [3.63, 3.8) is 0 Å². The van der Waals surface area contributed by atoms with Crippen LogP contribution in [0.4, 0.5) is 5.13 Å². The summed E-state index contributed by atoms with van der Waals surface area (Å²) in [5.41, 5.74) is 9.14. The Morgan fingerprint density at radius 3 is 2.45 bits per heavy atom. The number of thiazole rings is 1. The zero-order chi connectivity index (χ0) is 29.0. The second-order valence-electron chi connectivity index (χ2n) is 10.4. The Morgan fingerprint density at radius 2 is 1.80 bits per heavy atom. The maximum absolute atomic E-state index is 13.8. The number of hydrogen-bond donors (Lipinski definition) is 4. The van der Waals surface area contributed by atoms with Crippen molar-refractivity contribution < 1.29 is 19.5 Å². The first-order chi connectivity index (χ1) is 19.0. The van der Waals surface area contributed by atoms with E-state index in [-0.39, 0.29) is 23.3 Å². The SMILES string of the molecule is Cc1ccccc1CNC(=O)C1N(C(=O)C(O)C(Cc2ccccc2)NC(=O)c2sc(N)nc2C)CSC1(C)C. The van der Waals surface area contributed by atoms with Crippen LogP contribution in [0, 0.1) is 13.8 Å². The third-order valence-corrected chi connectivity index (χ3v) is 9.42. The van der Waals surface area contributed by atoms with Crippen LogP contribution < -0.4 is 16.4 Å². The fraction of sp³-hybridized carbons (Fsp3) is 0.379. The molecule has 2 heterocycles. The molecular weight excluding hydrogens is 546 g/mol. The number of nitrogens with two attached hydrogens (primary N) is 1. The first-order valence-electron chi connectivity index (χ1n) is 13.0. The van der Waals surface area contributed by atoms with Gasteiger partial charge in [-0.25, -0.2) is 4.98 Å². The largest absolute Gasteiger partial charge is 0.381 e. The van der Waals surface area contributed by atoms with E-state index >= 15 is 0 Å². The average molecular weight is 582 g/mol. The second kappa shape index (κ2) is 12.4. The van der Waals surface area contributed by atoms with Crippen LogP contribution in [-0.4, -0.2) is 61.5 Å². The van der Waals surface area contributed by atoms with Crippen molar-refractivity contribution in [1.29, 1.82) is 0 Å². The van der Waals surface area contributed by atoms with Crippen LogP contribution in [0.3, 0.4) is 0 Å². The predicted molar refractivity (Wildman–Crippen MR) is 159 cm³/mol. The summed E-state index contributed by atoms with van der Waals surface area (Å²) >= 11 is 2.52. The Kier molecular flexibility index (Phi) is 9.17. The van der Waals surface area contributed by atoms with Crippen LogP contribution in [-0.2, 0) is 22.6 Å². The van der Waals surface area contributed by atoms with Gasteiger partial charge in [-0.3, -0.25) is 14.4 Å². The molecule has 0 saturated carbocycles. The molecule has 0 spiro atoms. The van der Waals surface area contributed by atoms with Gasteiger partial charge in [0.2, 0.25) is 5.91 Å². The Bertz CT molecular complexity index is 1380. The highest BCUT2D eigenvalue weighted by atomic mass is 32.2. The minimum Gasteiger partial charge on any atom is -0.381 e. The Morgan fingerprint density at radius 1 is 1.12 bits per heavy atom. The van der Waals surface area contributed by atoms with E-state index in [4.69, 9.17) is 5.73 Å². The molecule has 3 unspecified atom stereocenters. The molecule has 0 radical (unpaired) electrons. The summed E-state index contributed by atoms with van der Waals surface area (Å²) in [6, 6.07) is 15.3. The normalized spacial score (nSPS) is 17.7. The molecule has 1 aliphatic heterocycles. The molecular formula is C29H35N5O4S2. The quantitative estimate of drug-likeness (QED) is 0.305. The summed E-state index contributed by atoms with van der Waals surface area (Å²) in [5.74, 6) is -1.14. The Hall–Kier alpha value is -3.41. The van der Waals surface area contributed by atoms with Crippen LogP contribution >= 0.6 is 23.1 Å². The van der Waals surface area contributed by atoms with Crippen molar-refractivity contribution in [3.05, 3.63) is 81.9 Å². The molecule has 0 bridgehead atoms. The van der Waals surface area contributed by atoms with E-state index in [1.54, 1.807) is 6.92 Å². The van der Waals surface area contributed by atoms with Gasteiger partial charge in [0.1, 0.15) is 10.9 Å². The van der Waals surface area contributed by atoms with Crippen molar-refractivity contribution in [2.24, 2.45) is 0 Å². The van der Waals surface area contributed by atoms with E-state index < -0.39 is 34.7 Å². The van der Waals surface area contributed by atoms with Crippen LogP contribution in [0.1, 0.15) is 45.9 Å². The summed E-state index contributed by atoms with van der Waals surface area (Å²) in [7, 11) is 0. The summed E-state index contributed by atoms with van der Waals surface area (Å²) in [6.45, 7) is 7.81. The zero-order valence-corrected chi connectivity index (χ0v) is 24.6. The predicted octanol–water partition coefficient (Wildman–Crippen LogP) is 3.04. The number of carbonyl (C=O) groups is 3. The number of thioether (sulfide) groups is 1. The van der Waals surface area contributed by atoms with Crippen LogP contribution in [0.15, 0.2) is 54.6 Å². The summed E-state index contributed by atoms with van der Waals surface area (Å²) < 4.78 is -0.583. The fourth-order valence-corrected chi connectivity index (χ4v) is 6.69. The molecule has 3 atom stereocenters. The fourth-order valence-electron chi connectivity index (χ4n) is 4.81. The summed E-state index contributed by atoms with van der Waals surface area (Å²) in [4.78, 5) is 46.3. The van der Waals surface area contributed by atoms with Crippen LogP contribution in [0.5, 0.6) is 0 Å². The number of hydrogen-bond acceptors (Lipinski definition) is 8. The lowest BCUT2D eigenvalue weighted by Crippen LogP contribution is -2.58. The molecule has 3 aromatic rings. The van der Waals surface area contributed by atoms with Gasteiger partial charge in [-0.1, -0.05) is 65.9 Å². The highest BCUT2D eigenvalue weighted by molar-refractivity contribution is 8.00. The van der Waals surface area contributed by atoms with Gasteiger partial charge in [-0.2, -0.15) is 0 Å². The summed E-state index contributed by atoms with van der Waals surface area (Å²) in [5, 5.41) is 17.5. The average Bonchev–Trinajstić information content (AvgIpc) is 3.44. The van der Waals surface area contributed by atoms with E-state index in [0.29, 0.717) is 17.1 Å². The van der Waals surface area contributed by atoms with Crippen LogP contribution in [0.25, 0.3) is 0 Å². The molecule has 1 aliphatic rings. The van der Waals surface area contributed by atoms with Gasteiger partial charge in [0.25, 0.3) is 11.8 Å². The number of aliphatic hydroxyl groups excluding tert-OH is 1. The lowest BCUT2D eigenvalue weighted by molar-refractivity contribution is -0.147. The number of aryl methyl sites for hydroxylation is 2. The van der Waals surface area contributed by atoms with E-state index in [1.807, 2.05) is 75.4 Å². The number of benzene rings is 2. The number of anilines is 1. The topological polar surface area (TPSA) is 138 Å². The molecule has 3 amide bonds. The number of aromatic nitrogens is 1. The number of nitrogens with one attached hydrogen (secondary N) is 2. The minimum atomic E-state index is -1.59. The minimum absolute atomic E-state index is 0.210. The Labute approximate surface area is 242 Å². The second-order valence-corrected chi connectivity index (χ2v) is 13.0. The number of nitrogens with zero attached hydrogens (tertiary/aromatic N) is 2. The molecule has 9 nitrogen and oxygen atoms in total. The smallest absolute Gasteiger partial charge is 0.263 e. The number of nitrogen functional groups attached to an aromatic ring is 1. The number of carbonyl (C=O) groups excluding carboxylic acids is 3. The maximum Gasteiger partial charge on any atom is 0.263 e. The highest BCUT2D eigenvalue weighted by Gasteiger charge is 2.49.